The Bertz CT molecular complexity index is 1550. The van der Waals surface area contributed by atoms with Crippen LogP contribution in [0.3, 0.4) is 0 Å². The summed E-state index contributed by atoms with van der Waals surface area (Å²) < 4.78 is 16.0. The molecular formula is C31H36FN5O4. The molecule has 9 nitrogen and oxygen atoms in total. The Labute approximate surface area is 238 Å². The molecule has 41 heavy (non-hydrogen) atoms. The van der Waals surface area contributed by atoms with Crippen LogP contribution in [0, 0.1) is 11.2 Å². The highest BCUT2D eigenvalue weighted by Gasteiger charge is 2.35. The molecule has 0 bridgehead atoms. The summed E-state index contributed by atoms with van der Waals surface area (Å²) in [7, 11) is 0. The van der Waals surface area contributed by atoms with E-state index in [0.29, 0.717) is 29.6 Å². The van der Waals surface area contributed by atoms with Crippen molar-refractivity contribution in [2.45, 2.75) is 71.4 Å². The van der Waals surface area contributed by atoms with Crippen LogP contribution in [0.2, 0.25) is 0 Å². The highest BCUT2D eigenvalue weighted by molar-refractivity contribution is 6.06. The van der Waals surface area contributed by atoms with Crippen LogP contribution in [0.4, 0.5) is 10.1 Å². The molecule has 0 saturated heterocycles. The van der Waals surface area contributed by atoms with Crippen molar-refractivity contribution >= 4 is 40.2 Å². The van der Waals surface area contributed by atoms with Gasteiger partial charge in [-0.3, -0.25) is 23.7 Å². The lowest BCUT2D eigenvalue weighted by molar-refractivity contribution is -0.125. The number of carbonyl (C=O) groups excluding carboxylic acids is 4. The molecule has 0 atom stereocenters. The van der Waals surface area contributed by atoms with E-state index < -0.39 is 11.7 Å². The summed E-state index contributed by atoms with van der Waals surface area (Å²) in [5, 5.41) is 9.75. The van der Waals surface area contributed by atoms with E-state index in [9.17, 15) is 23.6 Å². The van der Waals surface area contributed by atoms with Crippen molar-refractivity contribution < 1.29 is 23.6 Å². The minimum Gasteiger partial charge on any atom is -0.382 e. The number of fused-ring (bicyclic) bond motifs is 3. The smallest absolute Gasteiger partial charge is 0.250 e. The molecule has 0 radical (unpaired) electrons. The summed E-state index contributed by atoms with van der Waals surface area (Å²) in [5.74, 6) is -1.50. The second-order valence-electron chi connectivity index (χ2n) is 12.0. The number of hydrogen-bond donors (Lipinski definition) is 4. The maximum absolute atomic E-state index is 14.3. The van der Waals surface area contributed by atoms with E-state index >= 15 is 0 Å². The van der Waals surface area contributed by atoms with Crippen LogP contribution in [0.15, 0.2) is 36.4 Å². The van der Waals surface area contributed by atoms with Crippen LogP contribution in [0.1, 0.15) is 73.7 Å². The molecule has 1 saturated carbocycles. The molecule has 1 aliphatic heterocycles. The third-order valence-electron chi connectivity index (χ3n) is 8.08. The lowest BCUT2D eigenvalue weighted by atomic mass is 9.80. The number of halogens is 1. The first kappa shape index (κ1) is 28.3. The van der Waals surface area contributed by atoms with Crippen LogP contribution >= 0.6 is 0 Å². The molecule has 5 N–H and O–H groups in total. The van der Waals surface area contributed by atoms with Crippen LogP contribution in [0.5, 0.6) is 0 Å². The van der Waals surface area contributed by atoms with Crippen LogP contribution in [0.25, 0.3) is 22.0 Å². The van der Waals surface area contributed by atoms with Gasteiger partial charge in [0.05, 0.1) is 17.6 Å². The lowest BCUT2D eigenvalue weighted by Crippen LogP contribution is -2.44. The number of rotatable bonds is 7. The minimum atomic E-state index is -0.555. The quantitative estimate of drug-likeness (QED) is 0.344. The Morgan fingerprint density at radius 3 is 2.41 bits per heavy atom. The van der Waals surface area contributed by atoms with Gasteiger partial charge in [0, 0.05) is 47.8 Å². The fourth-order valence-electron chi connectivity index (χ4n) is 6.21. The molecule has 216 valence electrons. The summed E-state index contributed by atoms with van der Waals surface area (Å²) in [5.41, 5.74) is 9.49. The van der Waals surface area contributed by atoms with Crippen LogP contribution in [-0.4, -0.2) is 46.8 Å². The molecule has 0 spiro atoms. The standard InChI is InChI=1S/C31H36FN5O4/c1-17(38)34-16-27(39)36-21-8-6-20(7-9-21)35-24-12-18(4-10-22(24)30(33)41)29-23-11-5-19(32)13-25(23)37-26(29)14-31(2,3)15-28(37)40/h4-5,10-13,20-21,35H,6-9,14-16H2,1-3H3,(H2,33,41)(H,34,38)(H,36,39). The number of primary amides is 1. The number of benzene rings is 2. The van der Waals surface area contributed by atoms with E-state index in [1.807, 2.05) is 12.1 Å². The third kappa shape index (κ3) is 5.96. The van der Waals surface area contributed by atoms with Crippen molar-refractivity contribution in [1.82, 2.24) is 15.2 Å². The summed E-state index contributed by atoms with van der Waals surface area (Å²) in [6.45, 7) is 5.43. The second-order valence-corrected chi connectivity index (χ2v) is 12.0. The number of nitrogens with zero attached hydrogens (tertiary/aromatic N) is 1. The van der Waals surface area contributed by atoms with Gasteiger partial charge in [0.2, 0.25) is 17.7 Å². The summed E-state index contributed by atoms with van der Waals surface area (Å²) in [4.78, 5) is 48.8. The first-order valence-electron chi connectivity index (χ1n) is 14.0. The fraction of sp³-hybridized carbons (Fsp3) is 0.419. The predicted octanol–water partition coefficient (Wildman–Crippen LogP) is 4.13. The Hall–Kier alpha value is -4.21. The summed E-state index contributed by atoms with van der Waals surface area (Å²) in [6.07, 6.45) is 4.02. The largest absolute Gasteiger partial charge is 0.382 e. The number of aromatic nitrogens is 1. The first-order chi connectivity index (χ1) is 19.4. The van der Waals surface area contributed by atoms with Gasteiger partial charge in [-0.2, -0.15) is 0 Å². The van der Waals surface area contributed by atoms with E-state index in [1.165, 1.54) is 19.1 Å². The van der Waals surface area contributed by atoms with Crippen molar-refractivity contribution in [3.63, 3.8) is 0 Å². The highest BCUT2D eigenvalue weighted by atomic mass is 19.1. The maximum atomic E-state index is 14.3. The van der Waals surface area contributed by atoms with E-state index in [4.69, 9.17) is 5.73 Å². The highest BCUT2D eigenvalue weighted by Crippen LogP contribution is 2.43. The first-order valence-corrected chi connectivity index (χ1v) is 14.0. The number of amides is 3. The Morgan fingerprint density at radius 1 is 1.02 bits per heavy atom. The van der Waals surface area contributed by atoms with E-state index in [-0.39, 0.29) is 41.8 Å². The van der Waals surface area contributed by atoms with Crippen molar-refractivity contribution in [1.29, 1.82) is 0 Å². The van der Waals surface area contributed by atoms with Crippen LogP contribution in [-0.2, 0) is 16.0 Å². The van der Waals surface area contributed by atoms with E-state index in [1.54, 1.807) is 16.7 Å². The van der Waals surface area contributed by atoms with Gasteiger partial charge in [-0.25, -0.2) is 4.39 Å². The third-order valence-corrected chi connectivity index (χ3v) is 8.08. The van der Waals surface area contributed by atoms with Gasteiger partial charge in [0.25, 0.3) is 5.91 Å². The molecule has 1 fully saturated rings. The predicted molar refractivity (Wildman–Crippen MR) is 155 cm³/mol. The molecule has 2 heterocycles. The topological polar surface area (TPSA) is 135 Å². The van der Waals surface area contributed by atoms with E-state index in [0.717, 1.165) is 47.9 Å². The minimum absolute atomic E-state index is 0.0109. The molecular weight excluding hydrogens is 525 g/mol. The second kappa shape index (κ2) is 11.0. The van der Waals surface area contributed by atoms with Gasteiger partial charge in [-0.15, -0.1) is 0 Å². The Kier molecular flexibility index (Phi) is 7.59. The van der Waals surface area contributed by atoms with Crippen molar-refractivity contribution in [2.24, 2.45) is 11.1 Å². The zero-order valence-corrected chi connectivity index (χ0v) is 23.6. The normalized spacial score (nSPS) is 19.9. The van der Waals surface area contributed by atoms with Gasteiger partial charge in [-0.1, -0.05) is 19.9 Å². The Morgan fingerprint density at radius 2 is 1.73 bits per heavy atom. The van der Waals surface area contributed by atoms with Crippen LogP contribution < -0.4 is 21.7 Å². The molecule has 1 aromatic heterocycles. The van der Waals surface area contributed by atoms with Crippen molar-refractivity contribution in [2.75, 3.05) is 11.9 Å². The molecule has 10 heteroatoms. The zero-order chi connectivity index (χ0) is 29.5. The molecule has 0 unspecified atom stereocenters. The number of hydrogen-bond acceptors (Lipinski definition) is 5. The molecule has 1 aliphatic carbocycles. The number of nitrogens with one attached hydrogen (secondary N) is 3. The molecule has 2 aliphatic rings. The molecule has 3 amide bonds. The van der Waals surface area contributed by atoms with E-state index in [2.05, 4.69) is 29.8 Å². The lowest BCUT2D eigenvalue weighted by Gasteiger charge is -2.31. The summed E-state index contributed by atoms with van der Waals surface area (Å²) >= 11 is 0. The molecule has 3 aromatic rings. The van der Waals surface area contributed by atoms with Crippen molar-refractivity contribution in [3.05, 3.63) is 53.5 Å². The molecule has 5 rings (SSSR count). The van der Waals surface area contributed by atoms with Gasteiger partial charge in [0.1, 0.15) is 5.82 Å². The SMILES string of the molecule is CC(=O)NCC(=O)NC1CCC(Nc2cc(-c3c4n(c5cc(F)ccc35)C(=O)CC(C)(C)C4)ccc2C(N)=O)CC1. The van der Waals surface area contributed by atoms with Gasteiger partial charge in [-0.05, 0) is 73.4 Å². The average molecular weight is 562 g/mol. The molecule has 2 aromatic carbocycles. The van der Waals surface area contributed by atoms with Gasteiger partial charge < -0.3 is 21.7 Å². The Balaban J connectivity index is 1.43. The van der Waals surface area contributed by atoms with Gasteiger partial charge >= 0.3 is 0 Å². The van der Waals surface area contributed by atoms with Crippen molar-refractivity contribution in [3.8, 4) is 11.1 Å². The fourth-order valence-corrected chi connectivity index (χ4v) is 6.21. The maximum Gasteiger partial charge on any atom is 0.250 e. The number of anilines is 1. The number of carbonyl (C=O) groups is 4. The summed E-state index contributed by atoms with van der Waals surface area (Å²) in [6, 6.07) is 10.0. The number of nitrogens with two attached hydrogens (primary N) is 1. The average Bonchev–Trinajstić information content (AvgIpc) is 3.20. The zero-order valence-electron chi connectivity index (χ0n) is 23.6. The monoisotopic (exact) mass is 561 g/mol. The van der Waals surface area contributed by atoms with Gasteiger partial charge in [0.15, 0.2) is 0 Å².